The van der Waals surface area contributed by atoms with Crippen LogP contribution in [-0.4, -0.2) is 55.8 Å². The highest BCUT2D eigenvalue weighted by atomic mass is 16.5. The van der Waals surface area contributed by atoms with E-state index in [1.54, 1.807) is 7.11 Å². The molecule has 5 nitrogen and oxygen atoms in total. The van der Waals surface area contributed by atoms with Gasteiger partial charge < -0.3 is 25.0 Å². The molecule has 0 amide bonds. The van der Waals surface area contributed by atoms with Gasteiger partial charge >= 0.3 is 0 Å². The molecule has 1 aromatic rings. The van der Waals surface area contributed by atoms with Crippen molar-refractivity contribution in [2.45, 2.75) is 31.9 Å². The van der Waals surface area contributed by atoms with Gasteiger partial charge in [-0.3, -0.25) is 0 Å². The zero-order valence-electron chi connectivity index (χ0n) is 12.9. The van der Waals surface area contributed by atoms with E-state index in [9.17, 15) is 5.11 Å². The molecule has 0 aromatic heterocycles. The fraction of sp³-hybridized carbons (Fsp3) is 0.625. The molecule has 0 aliphatic carbocycles. The molecule has 5 heteroatoms. The van der Waals surface area contributed by atoms with Crippen molar-refractivity contribution >= 4 is 0 Å². The quantitative estimate of drug-likeness (QED) is 0.568. The summed E-state index contributed by atoms with van der Waals surface area (Å²) in [7, 11) is 1.62. The third-order valence-corrected chi connectivity index (χ3v) is 3.24. The van der Waals surface area contributed by atoms with Crippen LogP contribution in [0, 0.1) is 0 Å². The van der Waals surface area contributed by atoms with Crippen LogP contribution in [0.5, 0.6) is 5.75 Å². The van der Waals surface area contributed by atoms with Gasteiger partial charge in [0.25, 0.3) is 0 Å². The number of aliphatic hydroxyl groups excluding tert-OH is 2. The van der Waals surface area contributed by atoms with Gasteiger partial charge in [-0.2, -0.15) is 0 Å². The van der Waals surface area contributed by atoms with Crippen LogP contribution in [0.15, 0.2) is 24.3 Å². The van der Waals surface area contributed by atoms with Crippen LogP contribution in [0.25, 0.3) is 0 Å². The van der Waals surface area contributed by atoms with Gasteiger partial charge in [0.05, 0.1) is 6.61 Å². The minimum absolute atomic E-state index is 0.0399. The molecule has 2 atom stereocenters. The number of methoxy groups -OCH3 is 1. The number of hydrogen-bond acceptors (Lipinski definition) is 5. The van der Waals surface area contributed by atoms with Crippen molar-refractivity contribution in [2.24, 2.45) is 0 Å². The average Bonchev–Trinajstić information content (AvgIpc) is 2.51. The molecule has 1 rings (SSSR count). The number of ether oxygens (including phenoxy) is 2. The molecule has 21 heavy (non-hydrogen) atoms. The lowest BCUT2D eigenvalue weighted by Crippen LogP contribution is -2.40. The van der Waals surface area contributed by atoms with Gasteiger partial charge in [-0.05, 0) is 30.5 Å². The number of nitrogens with one attached hydrogen (secondary N) is 1. The Labute approximate surface area is 126 Å². The Hall–Kier alpha value is -1.14. The third-order valence-electron chi connectivity index (χ3n) is 3.24. The highest BCUT2D eigenvalue weighted by Gasteiger charge is 2.11. The first-order valence-corrected chi connectivity index (χ1v) is 7.42. The fourth-order valence-electron chi connectivity index (χ4n) is 2.01. The average molecular weight is 297 g/mol. The maximum atomic E-state index is 9.93. The maximum Gasteiger partial charge on any atom is 0.119 e. The van der Waals surface area contributed by atoms with E-state index < -0.39 is 6.10 Å². The molecular formula is C16H27NO4. The highest BCUT2D eigenvalue weighted by Crippen LogP contribution is 2.13. The Kier molecular flexibility index (Phi) is 9.01. The summed E-state index contributed by atoms with van der Waals surface area (Å²) in [4.78, 5) is 0. The van der Waals surface area contributed by atoms with Crippen LogP contribution < -0.4 is 10.1 Å². The predicted octanol–water partition coefficient (Wildman–Crippen LogP) is 0.976. The number of aliphatic hydroxyl groups is 2. The molecular weight excluding hydrogens is 270 g/mol. The Morgan fingerprint density at radius 2 is 2.10 bits per heavy atom. The Bertz CT molecular complexity index is 380. The van der Waals surface area contributed by atoms with Crippen LogP contribution in [0.1, 0.15) is 18.9 Å². The van der Waals surface area contributed by atoms with E-state index in [0.29, 0.717) is 19.6 Å². The molecule has 2 unspecified atom stereocenters. The number of hydrogen-bond donors (Lipinski definition) is 3. The number of rotatable bonds is 11. The predicted molar refractivity (Wildman–Crippen MR) is 82.7 cm³/mol. The van der Waals surface area contributed by atoms with Gasteiger partial charge in [-0.25, -0.2) is 0 Å². The van der Waals surface area contributed by atoms with Crippen LogP contribution >= 0.6 is 0 Å². The van der Waals surface area contributed by atoms with E-state index >= 15 is 0 Å². The minimum Gasteiger partial charge on any atom is -0.491 e. The SMILES string of the molecule is CCc1cccc(OCC(O)CNC(CCO)COC)c1. The zero-order valence-corrected chi connectivity index (χ0v) is 12.9. The molecule has 3 N–H and O–H groups in total. The first-order valence-electron chi connectivity index (χ1n) is 7.42. The molecule has 0 fully saturated rings. The lowest BCUT2D eigenvalue weighted by Gasteiger charge is -2.19. The number of benzene rings is 1. The summed E-state index contributed by atoms with van der Waals surface area (Å²) < 4.78 is 10.6. The van der Waals surface area contributed by atoms with Gasteiger partial charge in [0.2, 0.25) is 0 Å². The minimum atomic E-state index is -0.603. The van der Waals surface area contributed by atoms with Gasteiger partial charge in [-0.1, -0.05) is 19.1 Å². The van der Waals surface area contributed by atoms with E-state index in [4.69, 9.17) is 14.6 Å². The van der Waals surface area contributed by atoms with Gasteiger partial charge in [0.1, 0.15) is 18.5 Å². The highest BCUT2D eigenvalue weighted by molar-refractivity contribution is 5.28. The third kappa shape index (κ3) is 7.43. The van der Waals surface area contributed by atoms with Crippen molar-refractivity contribution in [2.75, 3.05) is 33.5 Å². The largest absolute Gasteiger partial charge is 0.491 e. The molecule has 0 radical (unpaired) electrons. The van der Waals surface area contributed by atoms with E-state index in [1.807, 2.05) is 18.2 Å². The van der Waals surface area contributed by atoms with Crippen molar-refractivity contribution in [1.82, 2.24) is 5.32 Å². The summed E-state index contributed by atoms with van der Waals surface area (Å²) in [5.41, 5.74) is 1.21. The fourth-order valence-corrected chi connectivity index (χ4v) is 2.01. The zero-order chi connectivity index (χ0) is 15.5. The second kappa shape index (κ2) is 10.6. The first kappa shape index (κ1) is 17.9. The molecule has 0 heterocycles. The van der Waals surface area contributed by atoms with Crippen molar-refractivity contribution < 1.29 is 19.7 Å². The molecule has 120 valence electrons. The van der Waals surface area contributed by atoms with Gasteiger partial charge in [0, 0.05) is 26.3 Å². The molecule has 0 aliphatic rings. The summed E-state index contributed by atoms with van der Waals surface area (Å²) in [6.45, 7) is 3.33. The first-order chi connectivity index (χ1) is 10.2. The molecule has 1 aromatic carbocycles. The number of aryl methyl sites for hydroxylation is 1. The van der Waals surface area contributed by atoms with Crippen molar-refractivity contribution in [3.05, 3.63) is 29.8 Å². The van der Waals surface area contributed by atoms with Crippen LogP contribution in [0.4, 0.5) is 0 Å². The van der Waals surface area contributed by atoms with E-state index in [-0.39, 0.29) is 19.3 Å². The van der Waals surface area contributed by atoms with E-state index in [2.05, 4.69) is 18.3 Å². The van der Waals surface area contributed by atoms with Gasteiger partial charge in [0.15, 0.2) is 0 Å². The lowest BCUT2D eigenvalue weighted by atomic mass is 10.2. The molecule has 0 bridgehead atoms. The summed E-state index contributed by atoms with van der Waals surface area (Å²) in [5.74, 6) is 0.775. The summed E-state index contributed by atoms with van der Waals surface area (Å²) in [5, 5.41) is 22.0. The van der Waals surface area contributed by atoms with Crippen molar-refractivity contribution in [3.63, 3.8) is 0 Å². The Balaban J connectivity index is 2.30. The topological polar surface area (TPSA) is 71.0 Å². The summed E-state index contributed by atoms with van der Waals surface area (Å²) in [6.07, 6.45) is 0.953. The molecule has 0 aliphatic heterocycles. The molecule has 0 saturated heterocycles. The Morgan fingerprint density at radius 1 is 1.29 bits per heavy atom. The summed E-state index contributed by atoms with van der Waals surface area (Å²) in [6, 6.07) is 7.92. The second-order valence-electron chi connectivity index (χ2n) is 5.04. The lowest BCUT2D eigenvalue weighted by molar-refractivity contribution is 0.0919. The van der Waals surface area contributed by atoms with E-state index in [0.717, 1.165) is 12.2 Å². The smallest absolute Gasteiger partial charge is 0.119 e. The van der Waals surface area contributed by atoms with Crippen LogP contribution in [0.2, 0.25) is 0 Å². The van der Waals surface area contributed by atoms with E-state index in [1.165, 1.54) is 5.56 Å². The van der Waals surface area contributed by atoms with Crippen molar-refractivity contribution in [3.8, 4) is 5.75 Å². The standard InChI is InChI=1S/C16H27NO4/c1-3-13-5-4-6-16(9-13)21-12-15(19)10-17-14(7-8-18)11-20-2/h4-6,9,14-15,17-19H,3,7-8,10-12H2,1-2H3. The maximum absolute atomic E-state index is 9.93. The van der Waals surface area contributed by atoms with Crippen molar-refractivity contribution in [1.29, 1.82) is 0 Å². The summed E-state index contributed by atoms with van der Waals surface area (Å²) >= 11 is 0. The van der Waals surface area contributed by atoms with Gasteiger partial charge in [-0.15, -0.1) is 0 Å². The molecule has 0 spiro atoms. The Morgan fingerprint density at radius 3 is 2.76 bits per heavy atom. The van der Waals surface area contributed by atoms with Crippen LogP contribution in [-0.2, 0) is 11.2 Å². The monoisotopic (exact) mass is 297 g/mol. The van der Waals surface area contributed by atoms with Crippen LogP contribution in [0.3, 0.4) is 0 Å². The second-order valence-corrected chi connectivity index (χ2v) is 5.04. The molecule has 0 saturated carbocycles. The normalized spacial score (nSPS) is 13.9.